The van der Waals surface area contributed by atoms with Gasteiger partial charge in [0.25, 0.3) is 0 Å². The molecular weight excluding hydrogens is 445 g/mol. The molecule has 1 aliphatic rings. The standard InChI is InChI=1S/C26H34FN7O/c1-15(2)21-22-19(31-24(21)17-11-20(35-6)25-29-14-30-34(25)13-17)12-28-26(23(22)27)33-9-7-18(8-10-33)32(5)16(3)4/h11-16,18,31H,7-10H2,1-6H3. The average Bonchev–Trinajstić information content (AvgIpc) is 3.48. The lowest BCUT2D eigenvalue weighted by atomic mass is 9.96. The summed E-state index contributed by atoms with van der Waals surface area (Å²) in [6.45, 7) is 10.2. The number of nitrogens with one attached hydrogen (secondary N) is 1. The summed E-state index contributed by atoms with van der Waals surface area (Å²) in [6, 6.07) is 2.94. The van der Waals surface area contributed by atoms with Gasteiger partial charge < -0.3 is 19.5 Å². The molecule has 35 heavy (non-hydrogen) atoms. The number of hydrogen-bond acceptors (Lipinski definition) is 6. The Balaban J connectivity index is 1.56. The summed E-state index contributed by atoms with van der Waals surface area (Å²) in [7, 11) is 3.79. The predicted molar refractivity (Wildman–Crippen MR) is 137 cm³/mol. The molecule has 0 unspecified atom stereocenters. The number of pyridine rings is 2. The lowest BCUT2D eigenvalue weighted by Gasteiger charge is -2.39. The number of aromatic amines is 1. The second-order valence-electron chi connectivity index (χ2n) is 10.1. The number of ether oxygens (including phenoxy) is 1. The van der Waals surface area contributed by atoms with Gasteiger partial charge in [-0.05, 0) is 51.3 Å². The van der Waals surface area contributed by atoms with Gasteiger partial charge >= 0.3 is 0 Å². The van der Waals surface area contributed by atoms with Crippen molar-refractivity contribution in [1.29, 1.82) is 0 Å². The Labute approximate surface area is 205 Å². The van der Waals surface area contributed by atoms with Crippen molar-refractivity contribution in [3.05, 3.63) is 36.2 Å². The lowest BCUT2D eigenvalue weighted by molar-refractivity contribution is 0.168. The first-order valence-electron chi connectivity index (χ1n) is 12.3. The molecule has 0 aliphatic carbocycles. The van der Waals surface area contributed by atoms with Crippen LogP contribution in [0.25, 0.3) is 27.8 Å². The molecule has 8 nitrogen and oxygen atoms in total. The number of piperidine rings is 1. The molecule has 0 spiro atoms. The third-order valence-electron chi connectivity index (χ3n) is 7.38. The minimum absolute atomic E-state index is 0.0892. The summed E-state index contributed by atoms with van der Waals surface area (Å²) in [5.74, 6) is 0.895. The lowest BCUT2D eigenvalue weighted by Crippen LogP contribution is -2.46. The van der Waals surface area contributed by atoms with Crippen LogP contribution in [-0.4, -0.2) is 68.8 Å². The Kier molecular flexibility index (Phi) is 6.13. The number of nitrogens with zero attached hydrogens (tertiary/aromatic N) is 6. The third kappa shape index (κ3) is 4.01. The molecule has 4 aromatic heterocycles. The Hall–Kier alpha value is -3.20. The van der Waals surface area contributed by atoms with Crippen LogP contribution in [0.2, 0.25) is 0 Å². The highest BCUT2D eigenvalue weighted by Gasteiger charge is 2.28. The van der Waals surface area contributed by atoms with Crippen LogP contribution in [0, 0.1) is 5.82 Å². The van der Waals surface area contributed by atoms with Gasteiger partial charge in [-0.25, -0.2) is 18.9 Å². The van der Waals surface area contributed by atoms with E-state index in [2.05, 4.69) is 64.6 Å². The molecule has 0 saturated carbocycles. The van der Waals surface area contributed by atoms with Crippen molar-refractivity contribution in [2.75, 3.05) is 32.1 Å². The fraction of sp³-hybridized carbons (Fsp3) is 0.500. The maximum absolute atomic E-state index is 16.1. The van der Waals surface area contributed by atoms with Gasteiger partial charge in [0.15, 0.2) is 23.0 Å². The maximum Gasteiger partial charge on any atom is 0.197 e. The number of hydrogen-bond donors (Lipinski definition) is 1. The van der Waals surface area contributed by atoms with Crippen molar-refractivity contribution in [2.24, 2.45) is 0 Å². The van der Waals surface area contributed by atoms with Crippen LogP contribution >= 0.6 is 0 Å². The van der Waals surface area contributed by atoms with Gasteiger partial charge in [-0.3, -0.25) is 0 Å². The van der Waals surface area contributed by atoms with Crippen molar-refractivity contribution in [1.82, 2.24) is 29.5 Å². The van der Waals surface area contributed by atoms with Crippen molar-refractivity contribution in [2.45, 2.75) is 58.5 Å². The van der Waals surface area contributed by atoms with Gasteiger partial charge in [0.1, 0.15) is 6.33 Å². The minimum Gasteiger partial charge on any atom is -0.493 e. The van der Waals surface area contributed by atoms with Crippen LogP contribution in [0.3, 0.4) is 0 Å². The SMILES string of the molecule is COc1cc(-c2[nH]c3cnc(N4CCC(N(C)C(C)C)CC4)c(F)c3c2C(C)C)cn2ncnc12. The summed E-state index contributed by atoms with van der Waals surface area (Å²) >= 11 is 0. The van der Waals surface area contributed by atoms with Gasteiger partial charge in [0.2, 0.25) is 0 Å². The number of fused-ring (bicyclic) bond motifs is 2. The van der Waals surface area contributed by atoms with E-state index in [1.54, 1.807) is 17.8 Å². The zero-order valence-corrected chi connectivity index (χ0v) is 21.3. The fourth-order valence-corrected chi connectivity index (χ4v) is 5.28. The van der Waals surface area contributed by atoms with Crippen molar-refractivity contribution in [3.63, 3.8) is 0 Å². The Morgan fingerprint density at radius 1 is 1.17 bits per heavy atom. The number of halogens is 1. The van der Waals surface area contributed by atoms with Crippen LogP contribution < -0.4 is 9.64 Å². The molecule has 0 amide bonds. The minimum atomic E-state index is -0.252. The summed E-state index contributed by atoms with van der Waals surface area (Å²) in [6.07, 6.45) is 7.15. The zero-order chi connectivity index (χ0) is 24.9. The van der Waals surface area contributed by atoms with Gasteiger partial charge in [-0.2, -0.15) is 5.10 Å². The zero-order valence-electron chi connectivity index (χ0n) is 21.3. The maximum atomic E-state index is 16.1. The molecule has 0 radical (unpaired) electrons. The fourth-order valence-electron chi connectivity index (χ4n) is 5.28. The average molecular weight is 480 g/mol. The molecule has 0 bridgehead atoms. The molecule has 1 saturated heterocycles. The number of H-pyrrole nitrogens is 1. The van der Waals surface area contributed by atoms with E-state index in [4.69, 9.17) is 4.74 Å². The molecule has 4 aromatic rings. The quantitative estimate of drug-likeness (QED) is 0.426. The van der Waals surface area contributed by atoms with Gasteiger partial charge in [0.05, 0.1) is 24.5 Å². The Bertz CT molecular complexity index is 1350. The highest BCUT2D eigenvalue weighted by atomic mass is 19.1. The van der Waals surface area contributed by atoms with Gasteiger partial charge in [-0.15, -0.1) is 0 Å². The molecule has 1 aliphatic heterocycles. The first-order chi connectivity index (χ1) is 16.8. The molecule has 5 heterocycles. The third-order valence-corrected chi connectivity index (χ3v) is 7.38. The topological polar surface area (TPSA) is 74.6 Å². The second-order valence-corrected chi connectivity index (χ2v) is 10.1. The van der Waals surface area contributed by atoms with Crippen LogP contribution in [0.15, 0.2) is 24.8 Å². The molecule has 186 valence electrons. The number of aromatic nitrogens is 5. The van der Waals surface area contributed by atoms with Gasteiger partial charge in [-0.1, -0.05) is 13.8 Å². The van der Waals surface area contributed by atoms with Gasteiger partial charge in [0, 0.05) is 42.3 Å². The molecule has 0 aromatic carbocycles. The summed E-state index contributed by atoms with van der Waals surface area (Å²) in [4.78, 5) is 16.8. The second kappa shape index (κ2) is 9.11. The molecule has 9 heteroatoms. The van der Waals surface area contributed by atoms with Crippen LogP contribution in [0.5, 0.6) is 5.75 Å². The molecule has 1 N–H and O–H groups in total. The molecule has 0 atom stereocenters. The van der Waals surface area contributed by atoms with E-state index < -0.39 is 0 Å². The molecule has 5 rings (SSSR count). The van der Waals surface area contributed by atoms with E-state index >= 15 is 4.39 Å². The van der Waals surface area contributed by atoms with E-state index in [0.717, 1.165) is 42.8 Å². The normalized spacial score (nSPS) is 15.4. The largest absolute Gasteiger partial charge is 0.493 e. The molecule has 1 fully saturated rings. The number of rotatable bonds is 6. The van der Waals surface area contributed by atoms with E-state index in [-0.39, 0.29) is 11.7 Å². The number of anilines is 1. The van der Waals surface area contributed by atoms with Crippen LogP contribution in [-0.2, 0) is 0 Å². The van der Waals surface area contributed by atoms with Crippen molar-refractivity contribution < 1.29 is 9.13 Å². The first kappa shape index (κ1) is 23.5. The Morgan fingerprint density at radius 3 is 2.57 bits per heavy atom. The summed E-state index contributed by atoms with van der Waals surface area (Å²) in [5.41, 5.74) is 3.97. The van der Waals surface area contributed by atoms with Crippen molar-refractivity contribution in [3.8, 4) is 17.0 Å². The Morgan fingerprint density at radius 2 is 1.91 bits per heavy atom. The highest BCUT2D eigenvalue weighted by molar-refractivity contribution is 5.93. The van der Waals surface area contributed by atoms with Crippen molar-refractivity contribution >= 4 is 22.4 Å². The molecular formula is C26H34FN7O. The smallest absolute Gasteiger partial charge is 0.197 e. The summed E-state index contributed by atoms with van der Waals surface area (Å²) < 4.78 is 23.4. The van der Waals surface area contributed by atoms with Crippen LogP contribution in [0.4, 0.5) is 10.2 Å². The first-order valence-corrected chi connectivity index (χ1v) is 12.3. The summed E-state index contributed by atoms with van der Waals surface area (Å²) in [5, 5.41) is 4.89. The van der Waals surface area contributed by atoms with E-state index in [0.29, 0.717) is 40.2 Å². The highest BCUT2D eigenvalue weighted by Crippen LogP contribution is 2.40. The monoisotopic (exact) mass is 479 g/mol. The predicted octanol–water partition coefficient (Wildman–Crippen LogP) is 4.85. The van der Waals surface area contributed by atoms with E-state index in [1.165, 1.54) is 6.33 Å². The van der Waals surface area contributed by atoms with E-state index in [1.807, 2.05) is 12.3 Å². The van der Waals surface area contributed by atoms with Crippen LogP contribution in [0.1, 0.15) is 52.0 Å². The number of methoxy groups -OCH3 is 1. The van der Waals surface area contributed by atoms with E-state index in [9.17, 15) is 0 Å².